The fraction of sp³-hybridized carbons (Fsp3) is 0.273. The Hall–Kier alpha value is -1.84. The van der Waals surface area contributed by atoms with E-state index < -0.39 is 17.8 Å². The number of amides is 1. The predicted molar refractivity (Wildman–Crippen MR) is 55.5 cm³/mol. The number of primary amides is 1. The molecule has 0 bridgehead atoms. The molecular weight excluding hydrogens is 194 g/mol. The van der Waals surface area contributed by atoms with E-state index in [1.807, 2.05) is 0 Å². The quantitative estimate of drug-likeness (QED) is 0.774. The minimum absolute atomic E-state index is 0.314. The largest absolute Gasteiger partial charge is 0.481 e. The number of benzene rings is 1. The molecule has 0 radical (unpaired) electrons. The number of carbonyl (C=O) groups excluding carboxylic acids is 1. The van der Waals surface area contributed by atoms with Gasteiger partial charge in [-0.2, -0.15) is 0 Å². The van der Waals surface area contributed by atoms with Gasteiger partial charge in [-0.3, -0.25) is 9.59 Å². The number of aliphatic carboxylic acids is 1. The zero-order valence-electron chi connectivity index (χ0n) is 8.43. The standard InChI is InChI=1S/C11H13NO3/c1-7(11(14)15)6-8-4-2-3-5-9(8)10(12)13/h2-5,7H,6H2,1H3,(H2,12,13)(H,14,15). The van der Waals surface area contributed by atoms with Crippen molar-refractivity contribution >= 4 is 11.9 Å². The highest BCUT2D eigenvalue weighted by molar-refractivity contribution is 5.94. The number of carbonyl (C=O) groups is 2. The third kappa shape index (κ3) is 2.80. The van der Waals surface area contributed by atoms with Crippen LogP contribution in [0.25, 0.3) is 0 Å². The average Bonchev–Trinajstić information content (AvgIpc) is 2.18. The molecule has 1 atom stereocenters. The Kier molecular flexibility index (Phi) is 3.44. The first-order valence-corrected chi connectivity index (χ1v) is 4.63. The van der Waals surface area contributed by atoms with Crippen molar-refractivity contribution < 1.29 is 14.7 Å². The van der Waals surface area contributed by atoms with Crippen LogP contribution in [-0.4, -0.2) is 17.0 Å². The van der Waals surface area contributed by atoms with E-state index in [0.29, 0.717) is 17.5 Å². The molecule has 80 valence electrons. The highest BCUT2D eigenvalue weighted by atomic mass is 16.4. The highest BCUT2D eigenvalue weighted by Crippen LogP contribution is 2.13. The second-order valence-electron chi connectivity index (χ2n) is 3.46. The van der Waals surface area contributed by atoms with E-state index in [1.165, 1.54) is 0 Å². The van der Waals surface area contributed by atoms with Crippen molar-refractivity contribution in [3.63, 3.8) is 0 Å². The van der Waals surface area contributed by atoms with E-state index in [9.17, 15) is 9.59 Å². The van der Waals surface area contributed by atoms with E-state index in [-0.39, 0.29) is 0 Å². The van der Waals surface area contributed by atoms with Crippen LogP contribution in [0, 0.1) is 5.92 Å². The van der Waals surface area contributed by atoms with E-state index >= 15 is 0 Å². The molecule has 1 unspecified atom stereocenters. The van der Waals surface area contributed by atoms with Gasteiger partial charge in [0.15, 0.2) is 0 Å². The van der Waals surface area contributed by atoms with Gasteiger partial charge in [0.2, 0.25) is 5.91 Å². The number of hydrogen-bond acceptors (Lipinski definition) is 2. The summed E-state index contributed by atoms with van der Waals surface area (Å²) in [6, 6.07) is 6.79. The number of nitrogens with two attached hydrogens (primary N) is 1. The maximum Gasteiger partial charge on any atom is 0.306 e. The van der Waals surface area contributed by atoms with Crippen LogP contribution in [-0.2, 0) is 11.2 Å². The number of hydrogen-bond donors (Lipinski definition) is 2. The summed E-state index contributed by atoms with van der Waals surface area (Å²) in [5.74, 6) is -1.93. The van der Waals surface area contributed by atoms with Crippen LogP contribution < -0.4 is 5.73 Å². The van der Waals surface area contributed by atoms with Crippen molar-refractivity contribution in [2.75, 3.05) is 0 Å². The molecule has 0 saturated carbocycles. The Morgan fingerprint density at radius 3 is 2.53 bits per heavy atom. The van der Waals surface area contributed by atoms with E-state index in [1.54, 1.807) is 31.2 Å². The molecule has 1 amide bonds. The van der Waals surface area contributed by atoms with Crippen LogP contribution in [0.5, 0.6) is 0 Å². The lowest BCUT2D eigenvalue weighted by molar-refractivity contribution is -0.141. The maximum atomic E-state index is 11.0. The van der Waals surface area contributed by atoms with Gasteiger partial charge in [0.1, 0.15) is 0 Å². The van der Waals surface area contributed by atoms with Crippen LogP contribution in [0.4, 0.5) is 0 Å². The zero-order chi connectivity index (χ0) is 11.4. The SMILES string of the molecule is CC(Cc1ccccc1C(N)=O)C(=O)O. The molecule has 15 heavy (non-hydrogen) atoms. The second-order valence-corrected chi connectivity index (χ2v) is 3.46. The fourth-order valence-corrected chi connectivity index (χ4v) is 1.36. The summed E-state index contributed by atoms with van der Waals surface area (Å²) in [6.07, 6.45) is 0.314. The van der Waals surface area contributed by atoms with Gasteiger partial charge in [-0.05, 0) is 18.1 Å². The number of carboxylic acids is 1. The maximum absolute atomic E-state index is 11.0. The highest BCUT2D eigenvalue weighted by Gasteiger charge is 2.15. The normalized spacial score (nSPS) is 12.1. The summed E-state index contributed by atoms with van der Waals surface area (Å²) in [4.78, 5) is 21.7. The number of carboxylic acid groups (broad SMARTS) is 1. The van der Waals surface area contributed by atoms with Crippen LogP contribution in [0.1, 0.15) is 22.8 Å². The minimum Gasteiger partial charge on any atom is -0.481 e. The van der Waals surface area contributed by atoms with Crippen molar-refractivity contribution in [3.05, 3.63) is 35.4 Å². The summed E-state index contributed by atoms with van der Waals surface area (Å²) in [5, 5.41) is 8.76. The summed E-state index contributed by atoms with van der Waals surface area (Å²) >= 11 is 0. The van der Waals surface area contributed by atoms with Crippen molar-refractivity contribution in [2.24, 2.45) is 11.7 Å². The molecule has 0 aliphatic heterocycles. The van der Waals surface area contributed by atoms with Crippen molar-refractivity contribution in [1.29, 1.82) is 0 Å². The summed E-state index contributed by atoms with van der Waals surface area (Å²) in [5.41, 5.74) is 6.25. The molecule has 0 saturated heterocycles. The van der Waals surface area contributed by atoms with Gasteiger partial charge in [0.05, 0.1) is 5.92 Å². The topological polar surface area (TPSA) is 80.4 Å². The molecule has 1 aromatic carbocycles. The molecular formula is C11H13NO3. The molecule has 1 rings (SSSR count). The van der Waals surface area contributed by atoms with Gasteiger partial charge in [-0.15, -0.1) is 0 Å². The smallest absolute Gasteiger partial charge is 0.306 e. The lowest BCUT2D eigenvalue weighted by atomic mass is 9.97. The molecule has 4 nitrogen and oxygen atoms in total. The van der Waals surface area contributed by atoms with Crippen molar-refractivity contribution in [2.45, 2.75) is 13.3 Å². The van der Waals surface area contributed by atoms with Crippen molar-refractivity contribution in [3.8, 4) is 0 Å². The first-order valence-electron chi connectivity index (χ1n) is 4.63. The Balaban J connectivity index is 2.94. The average molecular weight is 207 g/mol. The molecule has 0 spiro atoms. The molecule has 0 heterocycles. The van der Waals surface area contributed by atoms with Crippen LogP contribution in [0.15, 0.2) is 24.3 Å². The monoisotopic (exact) mass is 207 g/mol. The van der Waals surface area contributed by atoms with E-state index in [4.69, 9.17) is 10.8 Å². The molecule has 1 aromatic rings. The van der Waals surface area contributed by atoms with Gasteiger partial charge in [-0.1, -0.05) is 25.1 Å². The van der Waals surface area contributed by atoms with Crippen LogP contribution >= 0.6 is 0 Å². The molecule has 0 aromatic heterocycles. The van der Waals surface area contributed by atoms with Crippen molar-refractivity contribution in [1.82, 2.24) is 0 Å². The van der Waals surface area contributed by atoms with Crippen LogP contribution in [0.2, 0.25) is 0 Å². The first kappa shape index (κ1) is 11.2. The Bertz CT molecular complexity index is 387. The molecule has 4 heteroatoms. The predicted octanol–water partition coefficient (Wildman–Crippen LogP) is 1.05. The fourth-order valence-electron chi connectivity index (χ4n) is 1.36. The molecule has 0 aliphatic rings. The van der Waals surface area contributed by atoms with E-state index in [2.05, 4.69) is 0 Å². The lowest BCUT2D eigenvalue weighted by Crippen LogP contribution is -2.17. The van der Waals surface area contributed by atoms with Gasteiger partial charge >= 0.3 is 5.97 Å². The minimum atomic E-state index is -0.880. The third-order valence-electron chi connectivity index (χ3n) is 2.23. The third-order valence-corrected chi connectivity index (χ3v) is 2.23. The Morgan fingerprint density at radius 1 is 1.40 bits per heavy atom. The van der Waals surface area contributed by atoms with Gasteiger partial charge in [0, 0.05) is 5.56 Å². The van der Waals surface area contributed by atoms with Crippen LogP contribution in [0.3, 0.4) is 0 Å². The Morgan fingerprint density at radius 2 is 2.00 bits per heavy atom. The zero-order valence-corrected chi connectivity index (χ0v) is 8.43. The summed E-state index contributed by atoms with van der Waals surface area (Å²) in [7, 11) is 0. The van der Waals surface area contributed by atoms with Gasteiger partial charge in [-0.25, -0.2) is 0 Å². The summed E-state index contributed by atoms with van der Waals surface area (Å²) in [6.45, 7) is 1.60. The van der Waals surface area contributed by atoms with Gasteiger partial charge in [0.25, 0.3) is 0 Å². The first-order chi connectivity index (χ1) is 7.02. The number of rotatable bonds is 4. The second kappa shape index (κ2) is 4.59. The lowest BCUT2D eigenvalue weighted by Gasteiger charge is -2.09. The molecule has 3 N–H and O–H groups in total. The van der Waals surface area contributed by atoms with E-state index in [0.717, 1.165) is 0 Å². The molecule has 0 fully saturated rings. The molecule has 0 aliphatic carbocycles. The summed E-state index contributed by atoms with van der Waals surface area (Å²) < 4.78 is 0. The van der Waals surface area contributed by atoms with Gasteiger partial charge < -0.3 is 10.8 Å². The Labute approximate surface area is 87.7 Å².